The lowest BCUT2D eigenvalue weighted by Gasteiger charge is -2.26. The van der Waals surface area contributed by atoms with E-state index in [9.17, 15) is 13.2 Å². The van der Waals surface area contributed by atoms with Gasteiger partial charge in [0, 0.05) is 23.1 Å². The molecule has 9 heteroatoms. The molecule has 1 saturated heterocycles. The van der Waals surface area contributed by atoms with E-state index in [0.29, 0.717) is 46.7 Å². The molecule has 3 rings (SSSR count). The quantitative estimate of drug-likeness (QED) is 0.633. The number of ether oxygens (including phenoxy) is 1. The fourth-order valence-electron chi connectivity index (χ4n) is 3.34. The van der Waals surface area contributed by atoms with Crippen molar-refractivity contribution in [1.29, 1.82) is 0 Å². The third-order valence-corrected chi connectivity index (χ3v) is 7.33. The number of sulfonamides is 1. The number of benzene rings is 2. The van der Waals surface area contributed by atoms with Crippen molar-refractivity contribution in [3.05, 3.63) is 52.0 Å². The van der Waals surface area contributed by atoms with Gasteiger partial charge in [0.25, 0.3) is 0 Å². The normalized spacial score (nSPS) is 15.0. The molecule has 1 fully saturated rings. The second-order valence-electron chi connectivity index (χ2n) is 7.02. The fraction of sp³-hybridized carbons (Fsp3) is 0.381. The molecule has 162 valence electrons. The van der Waals surface area contributed by atoms with Crippen molar-refractivity contribution < 1.29 is 17.9 Å². The second-order valence-corrected chi connectivity index (χ2v) is 9.80. The van der Waals surface area contributed by atoms with Crippen LogP contribution in [0.15, 0.2) is 41.3 Å². The molecule has 30 heavy (non-hydrogen) atoms. The second kappa shape index (κ2) is 10.0. The highest BCUT2D eigenvalue weighted by atomic mass is 35.5. The fourth-order valence-corrected chi connectivity index (χ4v) is 5.35. The topological polar surface area (TPSA) is 75.7 Å². The molecule has 0 spiro atoms. The van der Waals surface area contributed by atoms with Crippen LogP contribution in [0.2, 0.25) is 10.0 Å². The average Bonchev–Trinajstić information content (AvgIpc) is 2.72. The van der Waals surface area contributed by atoms with Gasteiger partial charge in [-0.1, -0.05) is 35.7 Å². The van der Waals surface area contributed by atoms with Gasteiger partial charge >= 0.3 is 0 Å². The summed E-state index contributed by atoms with van der Waals surface area (Å²) in [7, 11) is -3.63. The summed E-state index contributed by atoms with van der Waals surface area (Å²) in [5.41, 5.74) is 0.929. The van der Waals surface area contributed by atoms with Crippen LogP contribution in [-0.2, 0) is 21.2 Å². The van der Waals surface area contributed by atoms with E-state index in [4.69, 9.17) is 27.9 Å². The van der Waals surface area contributed by atoms with E-state index in [-0.39, 0.29) is 17.2 Å². The number of halogens is 2. The van der Waals surface area contributed by atoms with Gasteiger partial charge in [-0.25, -0.2) is 8.42 Å². The van der Waals surface area contributed by atoms with Crippen LogP contribution in [0.5, 0.6) is 5.75 Å². The first kappa shape index (κ1) is 22.9. The predicted octanol–water partition coefficient (Wildman–Crippen LogP) is 4.75. The van der Waals surface area contributed by atoms with Crippen molar-refractivity contribution in [2.75, 3.05) is 25.0 Å². The van der Waals surface area contributed by atoms with E-state index in [1.165, 1.54) is 16.4 Å². The molecular weight excluding hydrogens is 447 g/mol. The van der Waals surface area contributed by atoms with Crippen molar-refractivity contribution in [1.82, 2.24) is 4.31 Å². The van der Waals surface area contributed by atoms with E-state index in [1.807, 2.05) is 6.92 Å². The average molecular weight is 471 g/mol. The van der Waals surface area contributed by atoms with Gasteiger partial charge in [-0.05, 0) is 55.7 Å². The van der Waals surface area contributed by atoms with Gasteiger partial charge in [0.1, 0.15) is 5.75 Å². The number of carbonyl (C=O) groups is 1. The van der Waals surface area contributed by atoms with Gasteiger partial charge in [-0.3, -0.25) is 4.79 Å². The molecule has 0 radical (unpaired) electrons. The van der Waals surface area contributed by atoms with Crippen LogP contribution >= 0.6 is 23.2 Å². The highest BCUT2D eigenvalue weighted by molar-refractivity contribution is 7.89. The maximum absolute atomic E-state index is 13.0. The van der Waals surface area contributed by atoms with Crippen molar-refractivity contribution in [3.63, 3.8) is 0 Å². The molecular formula is C21H24Cl2N2O4S. The molecule has 0 aromatic heterocycles. The van der Waals surface area contributed by atoms with Crippen LogP contribution in [0.4, 0.5) is 5.69 Å². The first-order valence-electron chi connectivity index (χ1n) is 9.82. The molecule has 0 atom stereocenters. The minimum atomic E-state index is -3.63. The number of amides is 1. The Kier molecular flexibility index (Phi) is 7.63. The van der Waals surface area contributed by atoms with Crippen molar-refractivity contribution >= 4 is 44.8 Å². The van der Waals surface area contributed by atoms with Gasteiger partial charge in [0.05, 0.1) is 23.6 Å². The molecule has 1 N–H and O–H groups in total. The van der Waals surface area contributed by atoms with Gasteiger partial charge in [-0.15, -0.1) is 0 Å². The number of anilines is 1. The SMILES string of the molecule is CCOc1ccc(S(=O)(=O)N2CCCCC2)cc1NC(=O)Cc1ccc(Cl)cc1Cl. The third kappa shape index (κ3) is 5.46. The van der Waals surface area contributed by atoms with Crippen LogP contribution in [-0.4, -0.2) is 38.3 Å². The van der Waals surface area contributed by atoms with E-state index < -0.39 is 10.0 Å². The van der Waals surface area contributed by atoms with Crippen molar-refractivity contribution in [3.8, 4) is 5.75 Å². The van der Waals surface area contributed by atoms with Crippen LogP contribution in [0.3, 0.4) is 0 Å². The lowest BCUT2D eigenvalue weighted by atomic mass is 10.1. The van der Waals surface area contributed by atoms with Crippen molar-refractivity contribution in [2.45, 2.75) is 37.5 Å². The summed E-state index contributed by atoms with van der Waals surface area (Å²) in [6.45, 7) is 3.21. The summed E-state index contributed by atoms with van der Waals surface area (Å²) >= 11 is 12.1. The summed E-state index contributed by atoms with van der Waals surface area (Å²) in [6.07, 6.45) is 2.75. The molecule has 1 heterocycles. The number of rotatable bonds is 7. The maximum Gasteiger partial charge on any atom is 0.243 e. The van der Waals surface area contributed by atoms with Gasteiger partial charge in [-0.2, -0.15) is 4.31 Å². The van der Waals surface area contributed by atoms with E-state index in [2.05, 4.69) is 5.32 Å². The van der Waals surface area contributed by atoms with Gasteiger partial charge in [0.15, 0.2) is 0 Å². The minimum absolute atomic E-state index is 0.0185. The monoisotopic (exact) mass is 470 g/mol. The first-order valence-corrected chi connectivity index (χ1v) is 12.0. The van der Waals surface area contributed by atoms with Crippen LogP contribution in [0.1, 0.15) is 31.7 Å². The molecule has 2 aromatic carbocycles. The molecule has 1 amide bonds. The number of hydrogen-bond acceptors (Lipinski definition) is 4. The Bertz CT molecular complexity index is 1020. The highest BCUT2D eigenvalue weighted by Crippen LogP contribution is 2.31. The van der Waals surface area contributed by atoms with E-state index in [1.54, 1.807) is 24.3 Å². The lowest BCUT2D eigenvalue weighted by Crippen LogP contribution is -2.35. The largest absolute Gasteiger partial charge is 0.492 e. The Morgan fingerprint density at radius 3 is 2.50 bits per heavy atom. The number of hydrogen-bond donors (Lipinski definition) is 1. The molecule has 1 aliphatic heterocycles. The molecule has 2 aromatic rings. The van der Waals surface area contributed by atoms with Gasteiger partial charge in [0.2, 0.25) is 15.9 Å². The first-order chi connectivity index (χ1) is 14.3. The Balaban J connectivity index is 1.84. The highest BCUT2D eigenvalue weighted by Gasteiger charge is 2.27. The number of nitrogens with zero attached hydrogens (tertiary/aromatic N) is 1. The summed E-state index contributed by atoms with van der Waals surface area (Å²) in [5.74, 6) is 0.0679. The van der Waals surface area contributed by atoms with E-state index in [0.717, 1.165) is 19.3 Å². The Morgan fingerprint density at radius 1 is 1.10 bits per heavy atom. The number of nitrogens with one attached hydrogen (secondary N) is 1. The Labute approximate surface area is 187 Å². The zero-order valence-electron chi connectivity index (χ0n) is 16.7. The lowest BCUT2D eigenvalue weighted by molar-refractivity contribution is -0.115. The predicted molar refractivity (Wildman–Crippen MR) is 119 cm³/mol. The number of carbonyl (C=O) groups excluding carboxylic acids is 1. The third-order valence-electron chi connectivity index (χ3n) is 4.84. The summed E-state index contributed by atoms with van der Waals surface area (Å²) in [5, 5.41) is 3.64. The van der Waals surface area contributed by atoms with Crippen molar-refractivity contribution in [2.24, 2.45) is 0 Å². The summed E-state index contributed by atoms with van der Waals surface area (Å²) < 4.78 is 33.1. The molecule has 0 bridgehead atoms. The Morgan fingerprint density at radius 2 is 1.83 bits per heavy atom. The smallest absolute Gasteiger partial charge is 0.243 e. The summed E-state index contributed by atoms with van der Waals surface area (Å²) in [6, 6.07) is 9.46. The maximum atomic E-state index is 13.0. The molecule has 0 aliphatic carbocycles. The molecule has 1 aliphatic rings. The Hall–Kier alpha value is -1.80. The zero-order valence-corrected chi connectivity index (χ0v) is 19.0. The van der Waals surface area contributed by atoms with Crippen LogP contribution in [0, 0.1) is 0 Å². The van der Waals surface area contributed by atoms with Crippen LogP contribution in [0.25, 0.3) is 0 Å². The zero-order chi connectivity index (χ0) is 21.7. The summed E-state index contributed by atoms with van der Waals surface area (Å²) in [4.78, 5) is 12.8. The molecule has 0 unspecified atom stereocenters. The number of piperidine rings is 1. The minimum Gasteiger partial charge on any atom is -0.492 e. The van der Waals surface area contributed by atoms with E-state index >= 15 is 0 Å². The van der Waals surface area contributed by atoms with Crippen LogP contribution < -0.4 is 10.1 Å². The standard InChI is InChI=1S/C21H24Cl2N2O4S/c1-2-29-20-9-8-17(30(27,28)25-10-4-3-5-11-25)14-19(20)24-21(26)12-15-6-7-16(22)13-18(15)23/h6-9,13-14H,2-5,10-12H2,1H3,(H,24,26). The molecule has 6 nitrogen and oxygen atoms in total. The van der Waals surface area contributed by atoms with Gasteiger partial charge < -0.3 is 10.1 Å². The molecule has 0 saturated carbocycles.